The Balaban J connectivity index is 1.65. The molecule has 1 amide bonds. The lowest BCUT2D eigenvalue weighted by Crippen LogP contribution is -2.36. The molecule has 1 saturated heterocycles. The van der Waals surface area contributed by atoms with Gasteiger partial charge in [-0.15, -0.1) is 11.3 Å². The second-order valence-corrected chi connectivity index (χ2v) is 7.39. The van der Waals surface area contributed by atoms with Crippen molar-refractivity contribution in [1.82, 2.24) is 4.90 Å². The SMILES string of the molecule is COc1cc(C=CC(=O)N2CCC(c3cccs3)CC2)cc(OC)c1OC. The smallest absolute Gasteiger partial charge is 0.246 e. The molecule has 2 heterocycles. The van der Waals surface area contributed by atoms with Crippen molar-refractivity contribution in [1.29, 1.82) is 0 Å². The van der Waals surface area contributed by atoms with E-state index in [0.717, 1.165) is 31.5 Å². The molecule has 5 nitrogen and oxygen atoms in total. The summed E-state index contributed by atoms with van der Waals surface area (Å²) in [5.41, 5.74) is 0.825. The molecule has 0 bridgehead atoms. The maximum absolute atomic E-state index is 12.6. The number of piperidine rings is 1. The van der Waals surface area contributed by atoms with Crippen LogP contribution >= 0.6 is 11.3 Å². The van der Waals surface area contributed by atoms with Crippen molar-refractivity contribution in [2.45, 2.75) is 18.8 Å². The van der Waals surface area contributed by atoms with E-state index in [4.69, 9.17) is 14.2 Å². The zero-order valence-corrected chi connectivity index (χ0v) is 16.8. The summed E-state index contributed by atoms with van der Waals surface area (Å²) in [6.07, 6.45) is 5.44. The Morgan fingerprint density at radius 3 is 2.30 bits per heavy atom. The normalized spacial score (nSPS) is 15.1. The number of carbonyl (C=O) groups is 1. The molecule has 3 rings (SSSR count). The third-order valence-corrected chi connectivity index (χ3v) is 5.89. The van der Waals surface area contributed by atoms with Crippen molar-refractivity contribution >= 4 is 23.3 Å². The summed E-state index contributed by atoms with van der Waals surface area (Å²) in [5, 5.41) is 2.12. The molecule has 0 unspecified atom stereocenters. The average molecular weight is 388 g/mol. The molecular formula is C21H25NO4S. The first-order valence-electron chi connectivity index (χ1n) is 8.96. The van der Waals surface area contributed by atoms with E-state index < -0.39 is 0 Å². The largest absolute Gasteiger partial charge is 0.493 e. The fourth-order valence-corrected chi connectivity index (χ4v) is 4.28. The van der Waals surface area contributed by atoms with E-state index in [1.807, 2.05) is 17.0 Å². The van der Waals surface area contributed by atoms with E-state index in [1.165, 1.54) is 4.88 Å². The number of amides is 1. The van der Waals surface area contributed by atoms with Gasteiger partial charge in [-0.1, -0.05) is 6.07 Å². The number of nitrogens with zero attached hydrogens (tertiary/aromatic N) is 1. The predicted octanol–water partition coefficient (Wildman–Crippen LogP) is 4.19. The third-order valence-electron chi connectivity index (χ3n) is 4.86. The van der Waals surface area contributed by atoms with Crippen LogP contribution in [0.25, 0.3) is 6.08 Å². The van der Waals surface area contributed by atoms with Crippen molar-refractivity contribution in [3.63, 3.8) is 0 Å². The Morgan fingerprint density at radius 2 is 1.78 bits per heavy atom. The molecule has 0 saturated carbocycles. The highest BCUT2D eigenvalue weighted by Gasteiger charge is 2.23. The molecule has 0 atom stereocenters. The summed E-state index contributed by atoms with van der Waals surface area (Å²) in [5.74, 6) is 2.29. The van der Waals surface area contributed by atoms with Gasteiger partial charge in [0.1, 0.15) is 0 Å². The quantitative estimate of drug-likeness (QED) is 0.697. The minimum absolute atomic E-state index is 0.0355. The van der Waals surface area contributed by atoms with Crippen molar-refractivity contribution in [3.8, 4) is 17.2 Å². The first-order valence-corrected chi connectivity index (χ1v) is 9.84. The van der Waals surface area contributed by atoms with Crippen LogP contribution in [0.2, 0.25) is 0 Å². The summed E-state index contributed by atoms with van der Waals surface area (Å²) in [6.45, 7) is 1.59. The number of ether oxygens (including phenoxy) is 3. The van der Waals surface area contributed by atoms with Crippen LogP contribution in [-0.4, -0.2) is 45.2 Å². The minimum atomic E-state index is 0.0355. The van der Waals surface area contributed by atoms with Gasteiger partial charge in [0, 0.05) is 24.0 Å². The Morgan fingerprint density at radius 1 is 1.11 bits per heavy atom. The van der Waals surface area contributed by atoms with Gasteiger partial charge in [0.2, 0.25) is 11.7 Å². The monoisotopic (exact) mass is 387 g/mol. The molecular weight excluding hydrogens is 362 g/mol. The first kappa shape index (κ1) is 19.3. The molecule has 1 aromatic heterocycles. The van der Waals surface area contributed by atoms with Crippen LogP contribution in [0, 0.1) is 0 Å². The molecule has 0 radical (unpaired) electrons. The number of hydrogen-bond donors (Lipinski definition) is 0. The molecule has 0 aliphatic carbocycles. The van der Waals surface area contributed by atoms with Gasteiger partial charge in [-0.2, -0.15) is 0 Å². The third kappa shape index (κ3) is 4.45. The Kier molecular flexibility index (Phi) is 6.40. The van der Waals surface area contributed by atoms with Crippen molar-refractivity contribution < 1.29 is 19.0 Å². The molecule has 0 N–H and O–H groups in total. The van der Waals surface area contributed by atoms with Crippen molar-refractivity contribution in [2.75, 3.05) is 34.4 Å². The van der Waals surface area contributed by atoms with Crippen molar-refractivity contribution in [2.24, 2.45) is 0 Å². The Bertz CT molecular complexity index is 768. The lowest BCUT2D eigenvalue weighted by atomic mass is 9.95. The fraction of sp³-hybridized carbons (Fsp3) is 0.381. The molecule has 1 aliphatic heterocycles. The highest BCUT2D eigenvalue weighted by atomic mass is 32.1. The number of methoxy groups -OCH3 is 3. The second kappa shape index (κ2) is 8.95. The van der Waals surface area contributed by atoms with E-state index in [2.05, 4.69) is 17.5 Å². The predicted molar refractivity (Wildman–Crippen MR) is 108 cm³/mol. The fourth-order valence-electron chi connectivity index (χ4n) is 3.38. The zero-order chi connectivity index (χ0) is 19.2. The highest BCUT2D eigenvalue weighted by molar-refractivity contribution is 7.10. The number of benzene rings is 1. The van der Waals surface area contributed by atoms with Crippen LogP contribution < -0.4 is 14.2 Å². The number of hydrogen-bond acceptors (Lipinski definition) is 5. The number of likely N-dealkylation sites (tertiary alicyclic amines) is 1. The van der Waals surface area contributed by atoms with E-state index in [-0.39, 0.29) is 5.91 Å². The van der Waals surface area contributed by atoms with Gasteiger partial charge in [0.25, 0.3) is 0 Å². The van der Waals surface area contributed by atoms with Crippen LogP contribution in [0.3, 0.4) is 0 Å². The first-order chi connectivity index (χ1) is 13.2. The molecule has 27 heavy (non-hydrogen) atoms. The average Bonchev–Trinajstić information content (AvgIpc) is 3.26. The molecule has 6 heteroatoms. The summed E-state index contributed by atoms with van der Waals surface area (Å²) in [4.78, 5) is 15.9. The van der Waals surface area contributed by atoms with Gasteiger partial charge in [0.15, 0.2) is 11.5 Å². The Labute approximate surface area is 164 Å². The summed E-state index contributed by atoms with van der Waals surface area (Å²) < 4.78 is 16.0. The van der Waals surface area contributed by atoms with Crippen LogP contribution in [-0.2, 0) is 4.79 Å². The number of carbonyl (C=O) groups excluding carboxylic acids is 1. The van der Waals surface area contributed by atoms with E-state index in [1.54, 1.807) is 44.8 Å². The van der Waals surface area contributed by atoms with Gasteiger partial charge >= 0.3 is 0 Å². The van der Waals surface area contributed by atoms with E-state index in [0.29, 0.717) is 23.2 Å². The number of thiophene rings is 1. The summed E-state index contributed by atoms with van der Waals surface area (Å²) in [6, 6.07) is 7.94. The van der Waals surface area contributed by atoms with Gasteiger partial charge in [-0.3, -0.25) is 4.79 Å². The zero-order valence-electron chi connectivity index (χ0n) is 15.9. The lowest BCUT2D eigenvalue weighted by molar-refractivity contribution is -0.126. The maximum atomic E-state index is 12.6. The van der Waals surface area contributed by atoms with Crippen molar-refractivity contribution in [3.05, 3.63) is 46.2 Å². The Hall–Kier alpha value is -2.47. The van der Waals surface area contributed by atoms with E-state index >= 15 is 0 Å². The second-order valence-electron chi connectivity index (χ2n) is 6.41. The topological polar surface area (TPSA) is 48.0 Å². The maximum Gasteiger partial charge on any atom is 0.246 e. The van der Waals surface area contributed by atoms with E-state index in [9.17, 15) is 4.79 Å². The summed E-state index contributed by atoms with van der Waals surface area (Å²) >= 11 is 1.81. The molecule has 1 fully saturated rings. The lowest BCUT2D eigenvalue weighted by Gasteiger charge is -2.30. The van der Waals surface area contributed by atoms with Gasteiger partial charge in [-0.25, -0.2) is 0 Å². The molecule has 0 spiro atoms. The van der Waals surface area contributed by atoms with Gasteiger partial charge in [0.05, 0.1) is 21.3 Å². The van der Waals surface area contributed by atoms with Gasteiger partial charge < -0.3 is 19.1 Å². The van der Waals surface area contributed by atoms with Gasteiger partial charge in [-0.05, 0) is 54.0 Å². The summed E-state index contributed by atoms with van der Waals surface area (Å²) in [7, 11) is 4.72. The van der Waals surface area contributed by atoms with Crippen LogP contribution in [0.4, 0.5) is 0 Å². The van der Waals surface area contributed by atoms with Crippen LogP contribution in [0.15, 0.2) is 35.7 Å². The van der Waals surface area contributed by atoms with Crippen LogP contribution in [0.5, 0.6) is 17.2 Å². The highest BCUT2D eigenvalue weighted by Crippen LogP contribution is 2.38. The molecule has 1 aromatic carbocycles. The standard InChI is InChI=1S/C21H25NO4S/c1-24-17-13-15(14-18(25-2)21(17)26-3)6-7-20(23)22-10-8-16(9-11-22)19-5-4-12-27-19/h4-7,12-14,16H,8-11H2,1-3H3. The molecule has 1 aliphatic rings. The molecule has 2 aromatic rings. The molecule has 144 valence electrons. The van der Waals surface area contributed by atoms with Crippen LogP contribution in [0.1, 0.15) is 29.2 Å². The minimum Gasteiger partial charge on any atom is -0.493 e. The number of rotatable bonds is 6.